The van der Waals surface area contributed by atoms with E-state index >= 15 is 0 Å². The van der Waals surface area contributed by atoms with Crippen molar-refractivity contribution in [2.75, 3.05) is 19.6 Å². The predicted molar refractivity (Wildman–Crippen MR) is 94.3 cm³/mol. The van der Waals surface area contributed by atoms with Crippen LogP contribution >= 0.6 is 0 Å². The molecule has 2 aliphatic rings. The number of aryl methyl sites for hydroxylation is 1. The molecule has 0 aromatic heterocycles. The minimum Gasteiger partial charge on any atom is -0.340 e. The molecule has 1 amide bonds. The molecular weight excluding hydrogens is 284 g/mol. The van der Waals surface area contributed by atoms with Gasteiger partial charge in [0.1, 0.15) is 0 Å². The van der Waals surface area contributed by atoms with Crippen LogP contribution in [0.1, 0.15) is 50.5 Å². The van der Waals surface area contributed by atoms with Crippen LogP contribution in [0.25, 0.3) is 0 Å². The van der Waals surface area contributed by atoms with Crippen LogP contribution in [0.3, 0.4) is 0 Å². The Morgan fingerprint density at radius 2 is 1.87 bits per heavy atom. The average molecular weight is 314 g/mol. The summed E-state index contributed by atoms with van der Waals surface area (Å²) >= 11 is 0. The van der Waals surface area contributed by atoms with Gasteiger partial charge in [-0.15, -0.1) is 0 Å². The summed E-state index contributed by atoms with van der Waals surface area (Å²) in [5, 5.41) is 3.40. The fraction of sp³-hybridized carbons (Fsp3) is 0.650. The van der Waals surface area contributed by atoms with Crippen molar-refractivity contribution < 1.29 is 4.79 Å². The van der Waals surface area contributed by atoms with Crippen LogP contribution in [0.15, 0.2) is 30.3 Å². The first-order valence-corrected chi connectivity index (χ1v) is 9.37. The van der Waals surface area contributed by atoms with Crippen molar-refractivity contribution in [2.24, 2.45) is 5.92 Å². The van der Waals surface area contributed by atoms with E-state index in [4.69, 9.17) is 0 Å². The Morgan fingerprint density at radius 3 is 2.65 bits per heavy atom. The summed E-state index contributed by atoms with van der Waals surface area (Å²) in [5.41, 5.74) is 1.39. The molecule has 1 unspecified atom stereocenters. The van der Waals surface area contributed by atoms with Crippen LogP contribution in [-0.4, -0.2) is 36.5 Å². The number of nitrogens with zero attached hydrogens (tertiary/aromatic N) is 1. The lowest BCUT2D eigenvalue weighted by molar-refractivity contribution is -0.132. The van der Waals surface area contributed by atoms with Gasteiger partial charge in [0.05, 0.1) is 0 Å². The fourth-order valence-electron chi connectivity index (χ4n) is 4.08. The zero-order chi connectivity index (χ0) is 15.9. The third-order valence-electron chi connectivity index (χ3n) is 5.53. The van der Waals surface area contributed by atoms with E-state index in [0.717, 1.165) is 51.2 Å². The second kappa shape index (κ2) is 8.49. The van der Waals surface area contributed by atoms with Crippen LogP contribution < -0.4 is 5.32 Å². The normalized spacial score (nSPS) is 22.4. The molecule has 0 bridgehead atoms. The highest BCUT2D eigenvalue weighted by Gasteiger charge is 2.28. The molecule has 3 rings (SSSR count). The van der Waals surface area contributed by atoms with Crippen molar-refractivity contribution in [1.82, 2.24) is 10.2 Å². The summed E-state index contributed by atoms with van der Waals surface area (Å²) in [7, 11) is 0. The van der Waals surface area contributed by atoms with Gasteiger partial charge in [-0.1, -0.05) is 30.3 Å². The molecule has 1 N–H and O–H groups in total. The van der Waals surface area contributed by atoms with Crippen LogP contribution in [-0.2, 0) is 11.2 Å². The summed E-state index contributed by atoms with van der Waals surface area (Å²) in [6, 6.07) is 11.1. The van der Waals surface area contributed by atoms with E-state index in [0.29, 0.717) is 11.9 Å². The number of carbonyl (C=O) groups is 1. The first-order valence-electron chi connectivity index (χ1n) is 9.37. The number of rotatable bonds is 6. The van der Waals surface area contributed by atoms with Gasteiger partial charge in [-0.2, -0.15) is 0 Å². The molecular formula is C20H30N2O. The molecule has 126 valence electrons. The first kappa shape index (κ1) is 16.5. The second-order valence-corrected chi connectivity index (χ2v) is 7.14. The van der Waals surface area contributed by atoms with E-state index in [-0.39, 0.29) is 0 Å². The summed E-state index contributed by atoms with van der Waals surface area (Å²) in [6.45, 7) is 3.23. The average Bonchev–Trinajstić information content (AvgIpc) is 3.08. The minimum atomic E-state index is 0.402. The molecule has 1 aromatic carbocycles. The summed E-state index contributed by atoms with van der Waals surface area (Å²) in [4.78, 5) is 14.8. The van der Waals surface area contributed by atoms with E-state index in [1.807, 2.05) is 0 Å². The van der Waals surface area contributed by atoms with Crippen LogP contribution in [0.2, 0.25) is 0 Å². The summed E-state index contributed by atoms with van der Waals surface area (Å²) in [5.74, 6) is 1.16. The zero-order valence-electron chi connectivity index (χ0n) is 14.2. The molecule has 2 aliphatic heterocycles. The van der Waals surface area contributed by atoms with Crippen molar-refractivity contribution in [3.8, 4) is 0 Å². The van der Waals surface area contributed by atoms with Crippen molar-refractivity contribution in [3.63, 3.8) is 0 Å². The Kier molecular flexibility index (Phi) is 6.09. The molecule has 3 nitrogen and oxygen atoms in total. The number of likely N-dealkylation sites (tertiary alicyclic amines) is 1. The lowest BCUT2D eigenvalue weighted by Crippen LogP contribution is -2.36. The van der Waals surface area contributed by atoms with Crippen molar-refractivity contribution in [3.05, 3.63) is 35.9 Å². The maximum Gasteiger partial charge on any atom is 0.222 e. The van der Waals surface area contributed by atoms with E-state index in [2.05, 4.69) is 40.5 Å². The smallest absolute Gasteiger partial charge is 0.222 e. The number of benzene rings is 1. The fourth-order valence-corrected chi connectivity index (χ4v) is 4.08. The number of hydrogen-bond acceptors (Lipinski definition) is 2. The monoisotopic (exact) mass is 314 g/mol. The highest BCUT2D eigenvalue weighted by atomic mass is 16.2. The van der Waals surface area contributed by atoms with Gasteiger partial charge in [0.2, 0.25) is 5.91 Å². The molecule has 0 aliphatic carbocycles. The highest BCUT2D eigenvalue weighted by molar-refractivity contribution is 5.76. The summed E-state index contributed by atoms with van der Waals surface area (Å²) in [6.07, 6.45) is 8.89. The van der Waals surface area contributed by atoms with Gasteiger partial charge in [-0.05, 0) is 69.5 Å². The van der Waals surface area contributed by atoms with Gasteiger partial charge in [-0.3, -0.25) is 4.79 Å². The SMILES string of the molecule is O=C(CCC1CCNCC1)N1CCCC1CCc1ccccc1. The quantitative estimate of drug-likeness (QED) is 0.873. The van der Waals surface area contributed by atoms with Gasteiger partial charge in [0.25, 0.3) is 0 Å². The number of piperidine rings is 1. The van der Waals surface area contributed by atoms with Gasteiger partial charge in [-0.25, -0.2) is 0 Å². The Morgan fingerprint density at radius 1 is 1.09 bits per heavy atom. The highest BCUT2D eigenvalue weighted by Crippen LogP contribution is 2.25. The van der Waals surface area contributed by atoms with E-state index in [9.17, 15) is 4.79 Å². The molecule has 0 spiro atoms. The largest absolute Gasteiger partial charge is 0.340 e. The number of nitrogens with one attached hydrogen (secondary N) is 1. The van der Waals surface area contributed by atoms with Crippen LogP contribution in [0.5, 0.6) is 0 Å². The van der Waals surface area contributed by atoms with Crippen LogP contribution in [0.4, 0.5) is 0 Å². The van der Waals surface area contributed by atoms with Gasteiger partial charge < -0.3 is 10.2 Å². The van der Waals surface area contributed by atoms with Crippen molar-refractivity contribution in [2.45, 2.75) is 57.4 Å². The maximum absolute atomic E-state index is 12.6. The molecule has 3 heteroatoms. The number of carbonyl (C=O) groups excluding carboxylic acids is 1. The molecule has 2 heterocycles. The third kappa shape index (κ3) is 4.81. The molecule has 1 atom stereocenters. The Balaban J connectivity index is 1.44. The number of hydrogen-bond donors (Lipinski definition) is 1. The topological polar surface area (TPSA) is 32.3 Å². The zero-order valence-corrected chi connectivity index (χ0v) is 14.2. The predicted octanol–water partition coefficient (Wildman–Crippen LogP) is 3.39. The maximum atomic E-state index is 12.6. The number of amides is 1. The van der Waals surface area contributed by atoms with Gasteiger partial charge in [0.15, 0.2) is 0 Å². The first-order chi connectivity index (χ1) is 11.3. The van der Waals surface area contributed by atoms with Gasteiger partial charge in [0, 0.05) is 19.0 Å². The standard InChI is InChI=1S/C20H30N2O/c23-20(11-9-18-12-14-21-15-13-18)22-16-4-7-19(22)10-8-17-5-2-1-3-6-17/h1-3,5-6,18-19,21H,4,7-16H2. The molecule has 2 saturated heterocycles. The molecule has 23 heavy (non-hydrogen) atoms. The van der Waals surface area contributed by atoms with Crippen molar-refractivity contribution >= 4 is 5.91 Å². The van der Waals surface area contributed by atoms with Crippen LogP contribution in [0, 0.1) is 5.92 Å². The molecule has 0 saturated carbocycles. The third-order valence-corrected chi connectivity index (χ3v) is 5.53. The Hall–Kier alpha value is -1.35. The molecule has 2 fully saturated rings. The molecule has 1 aromatic rings. The Bertz CT molecular complexity index is 482. The lowest BCUT2D eigenvalue weighted by Gasteiger charge is -2.27. The van der Waals surface area contributed by atoms with Gasteiger partial charge >= 0.3 is 0 Å². The summed E-state index contributed by atoms with van der Waals surface area (Å²) < 4.78 is 0. The van der Waals surface area contributed by atoms with E-state index in [1.54, 1.807) is 0 Å². The van der Waals surface area contributed by atoms with E-state index in [1.165, 1.54) is 31.2 Å². The van der Waals surface area contributed by atoms with E-state index < -0.39 is 0 Å². The van der Waals surface area contributed by atoms with Crippen molar-refractivity contribution in [1.29, 1.82) is 0 Å². The second-order valence-electron chi connectivity index (χ2n) is 7.14. The lowest BCUT2D eigenvalue weighted by atomic mass is 9.93. The Labute approximate surface area is 140 Å². The molecule has 0 radical (unpaired) electrons. The minimum absolute atomic E-state index is 0.402.